The molecule has 17 heavy (non-hydrogen) atoms. The Morgan fingerprint density at radius 2 is 2.12 bits per heavy atom. The fourth-order valence-electron chi connectivity index (χ4n) is 2.23. The Balaban J connectivity index is 2.00. The normalized spacial score (nSPS) is 18.2. The number of nitrogen functional groups attached to an aromatic ring is 1. The average Bonchev–Trinajstić information content (AvgIpc) is 2.73. The number of aliphatic hydroxyl groups is 1. The summed E-state index contributed by atoms with van der Waals surface area (Å²) in [6.07, 6.45) is 4.68. The maximum atomic E-state index is 10.2. The van der Waals surface area contributed by atoms with Crippen LogP contribution in [0.2, 0.25) is 0 Å². The number of anilines is 2. The van der Waals surface area contributed by atoms with E-state index in [0.29, 0.717) is 18.2 Å². The van der Waals surface area contributed by atoms with Gasteiger partial charge in [0.15, 0.2) is 0 Å². The van der Waals surface area contributed by atoms with E-state index in [9.17, 15) is 5.11 Å². The summed E-state index contributed by atoms with van der Waals surface area (Å²) in [5.74, 6) is 1.90. The second kappa shape index (κ2) is 4.87. The average molecular weight is 236 g/mol. The predicted octanol–water partition coefficient (Wildman–Crippen LogP) is 1.34. The van der Waals surface area contributed by atoms with Crippen LogP contribution >= 0.6 is 0 Å². The van der Waals surface area contributed by atoms with Crippen LogP contribution in [0.15, 0.2) is 6.07 Å². The lowest BCUT2D eigenvalue weighted by Crippen LogP contribution is -2.33. The van der Waals surface area contributed by atoms with Crippen LogP contribution in [0.25, 0.3) is 0 Å². The quantitative estimate of drug-likeness (QED) is 0.734. The lowest BCUT2D eigenvalue weighted by Gasteiger charge is -2.22. The van der Waals surface area contributed by atoms with E-state index in [4.69, 9.17) is 5.73 Å². The Labute approximate surface area is 101 Å². The first-order chi connectivity index (χ1) is 8.11. The van der Waals surface area contributed by atoms with E-state index in [2.05, 4.69) is 15.3 Å². The van der Waals surface area contributed by atoms with Crippen molar-refractivity contribution in [1.29, 1.82) is 0 Å². The topological polar surface area (TPSA) is 84.1 Å². The Morgan fingerprint density at radius 3 is 2.76 bits per heavy atom. The lowest BCUT2D eigenvalue weighted by molar-refractivity contribution is 0.0614. The Kier molecular flexibility index (Phi) is 3.47. The van der Waals surface area contributed by atoms with Crippen LogP contribution < -0.4 is 11.1 Å². The highest BCUT2D eigenvalue weighted by Gasteiger charge is 2.30. The number of rotatable bonds is 4. The molecule has 0 unspecified atom stereocenters. The minimum atomic E-state index is -0.577. The standard InChI is InChI=1S/C12H20N4O/c1-2-10-15-9(13)7-11(16-10)14-8-12(17)5-3-4-6-12/h7,17H,2-6,8H2,1H3,(H3,13,14,15,16). The van der Waals surface area contributed by atoms with Gasteiger partial charge >= 0.3 is 0 Å². The molecule has 1 saturated carbocycles. The smallest absolute Gasteiger partial charge is 0.132 e. The van der Waals surface area contributed by atoms with Crippen LogP contribution in [0.1, 0.15) is 38.4 Å². The third kappa shape index (κ3) is 3.06. The summed E-state index contributed by atoms with van der Waals surface area (Å²) >= 11 is 0. The van der Waals surface area contributed by atoms with Crippen LogP contribution in [0, 0.1) is 0 Å². The molecule has 1 aromatic rings. The third-order valence-corrected chi connectivity index (χ3v) is 3.24. The summed E-state index contributed by atoms with van der Waals surface area (Å²) < 4.78 is 0. The highest BCUT2D eigenvalue weighted by Crippen LogP contribution is 2.29. The number of aryl methyl sites for hydroxylation is 1. The zero-order valence-corrected chi connectivity index (χ0v) is 10.2. The summed E-state index contributed by atoms with van der Waals surface area (Å²) in [5, 5.41) is 13.4. The lowest BCUT2D eigenvalue weighted by atomic mass is 10.0. The molecule has 5 nitrogen and oxygen atoms in total. The highest BCUT2D eigenvalue weighted by molar-refractivity contribution is 5.44. The number of aromatic nitrogens is 2. The maximum Gasteiger partial charge on any atom is 0.132 e. The number of nitrogens with zero attached hydrogens (tertiary/aromatic N) is 2. The van der Waals surface area contributed by atoms with Gasteiger partial charge in [0, 0.05) is 19.0 Å². The molecule has 0 bridgehead atoms. The van der Waals surface area contributed by atoms with E-state index in [1.807, 2.05) is 6.92 Å². The summed E-state index contributed by atoms with van der Waals surface area (Å²) in [4.78, 5) is 8.44. The second-order valence-corrected chi connectivity index (χ2v) is 4.73. The van der Waals surface area contributed by atoms with Gasteiger partial charge in [0.2, 0.25) is 0 Å². The number of nitrogens with one attached hydrogen (secondary N) is 1. The zero-order chi connectivity index (χ0) is 12.3. The summed E-state index contributed by atoms with van der Waals surface area (Å²) in [6, 6.07) is 1.71. The van der Waals surface area contributed by atoms with Gasteiger partial charge in [-0.3, -0.25) is 0 Å². The fourth-order valence-corrected chi connectivity index (χ4v) is 2.23. The molecule has 2 rings (SSSR count). The van der Waals surface area contributed by atoms with Crippen molar-refractivity contribution in [3.05, 3.63) is 11.9 Å². The van der Waals surface area contributed by atoms with Crippen LogP contribution in [-0.4, -0.2) is 27.2 Å². The molecule has 0 atom stereocenters. The van der Waals surface area contributed by atoms with Gasteiger partial charge in [0.25, 0.3) is 0 Å². The van der Waals surface area contributed by atoms with Gasteiger partial charge in [-0.15, -0.1) is 0 Å². The molecular weight excluding hydrogens is 216 g/mol. The van der Waals surface area contributed by atoms with Crippen LogP contribution in [-0.2, 0) is 6.42 Å². The van der Waals surface area contributed by atoms with Crippen molar-refractivity contribution in [2.24, 2.45) is 0 Å². The molecule has 0 amide bonds. The van der Waals surface area contributed by atoms with Crippen molar-refractivity contribution in [3.8, 4) is 0 Å². The first-order valence-corrected chi connectivity index (χ1v) is 6.21. The molecule has 0 radical (unpaired) electrons. The van der Waals surface area contributed by atoms with Gasteiger partial charge in [0.1, 0.15) is 17.5 Å². The molecule has 1 heterocycles. The van der Waals surface area contributed by atoms with E-state index < -0.39 is 5.60 Å². The molecule has 0 saturated heterocycles. The SMILES string of the molecule is CCc1nc(N)cc(NCC2(O)CCCC2)n1. The molecule has 0 spiro atoms. The van der Waals surface area contributed by atoms with E-state index in [1.165, 1.54) is 0 Å². The van der Waals surface area contributed by atoms with Crippen LogP contribution in [0.4, 0.5) is 11.6 Å². The van der Waals surface area contributed by atoms with Crippen molar-refractivity contribution in [1.82, 2.24) is 9.97 Å². The van der Waals surface area contributed by atoms with E-state index in [0.717, 1.165) is 37.9 Å². The summed E-state index contributed by atoms with van der Waals surface area (Å²) in [5.41, 5.74) is 5.12. The fraction of sp³-hybridized carbons (Fsp3) is 0.667. The number of nitrogens with two attached hydrogens (primary N) is 1. The number of hydrogen-bond donors (Lipinski definition) is 3. The van der Waals surface area contributed by atoms with E-state index in [1.54, 1.807) is 6.07 Å². The minimum Gasteiger partial charge on any atom is -0.388 e. The minimum absolute atomic E-state index is 0.470. The molecule has 4 N–H and O–H groups in total. The van der Waals surface area contributed by atoms with E-state index >= 15 is 0 Å². The monoisotopic (exact) mass is 236 g/mol. The third-order valence-electron chi connectivity index (χ3n) is 3.24. The van der Waals surface area contributed by atoms with Crippen LogP contribution in [0.3, 0.4) is 0 Å². The molecule has 1 aliphatic rings. The van der Waals surface area contributed by atoms with Gasteiger partial charge in [-0.2, -0.15) is 0 Å². The molecule has 94 valence electrons. The Hall–Kier alpha value is -1.36. The molecule has 0 aromatic carbocycles. The van der Waals surface area contributed by atoms with Gasteiger partial charge in [0.05, 0.1) is 5.60 Å². The molecule has 1 aromatic heterocycles. The second-order valence-electron chi connectivity index (χ2n) is 4.73. The Bertz CT molecular complexity index is 388. The molecular formula is C12H20N4O. The first-order valence-electron chi connectivity index (χ1n) is 6.21. The zero-order valence-electron chi connectivity index (χ0n) is 10.2. The van der Waals surface area contributed by atoms with Crippen molar-refractivity contribution < 1.29 is 5.11 Å². The summed E-state index contributed by atoms with van der Waals surface area (Å²) in [7, 11) is 0. The Morgan fingerprint density at radius 1 is 1.41 bits per heavy atom. The van der Waals surface area contributed by atoms with Crippen LogP contribution in [0.5, 0.6) is 0 Å². The van der Waals surface area contributed by atoms with Crippen molar-refractivity contribution in [3.63, 3.8) is 0 Å². The molecule has 1 aliphatic carbocycles. The predicted molar refractivity (Wildman–Crippen MR) is 67.7 cm³/mol. The first kappa shape index (κ1) is 12.1. The van der Waals surface area contributed by atoms with Gasteiger partial charge in [-0.25, -0.2) is 9.97 Å². The molecule has 0 aliphatic heterocycles. The highest BCUT2D eigenvalue weighted by atomic mass is 16.3. The largest absolute Gasteiger partial charge is 0.388 e. The van der Waals surface area contributed by atoms with Crippen molar-refractivity contribution in [2.45, 2.75) is 44.6 Å². The molecule has 5 heteroatoms. The van der Waals surface area contributed by atoms with Crippen molar-refractivity contribution in [2.75, 3.05) is 17.6 Å². The molecule has 1 fully saturated rings. The maximum absolute atomic E-state index is 10.2. The van der Waals surface area contributed by atoms with Gasteiger partial charge in [-0.05, 0) is 12.8 Å². The van der Waals surface area contributed by atoms with Gasteiger partial charge in [-0.1, -0.05) is 19.8 Å². The number of hydrogen-bond acceptors (Lipinski definition) is 5. The van der Waals surface area contributed by atoms with E-state index in [-0.39, 0.29) is 0 Å². The van der Waals surface area contributed by atoms with Crippen molar-refractivity contribution >= 4 is 11.6 Å². The van der Waals surface area contributed by atoms with Gasteiger partial charge < -0.3 is 16.2 Å². The summed E-state index contributed by atoms with van der Waals surface area (Å²) in [6.45, 7) is 2.52.